The number of hydrogen-bond acceptors (Lipinski definition) is 2. The maximum Gasteiger partial charge on any atom is 0.0835 e. The maximum atomic E-state index is 5.80. The van der Waals surface area contributed by atoms with Crippen LogP contribution in [0.4, 0.5) is 0 Å². The van der Waals surface area contributed by atoms with Crippen molar-refractivity contribution in [2.24, 2.45) is 40.4 Å². The predicted molar refractivity (Wildman–Crippen MR) is 102 cm³/mol. The van der Waals surface area contributed by atoms with Crippen molar-refractivity contribution in [3.63, 3.8) is 0 Å². The molecule has 5 fully saturated rings. The van der Waals surface area contributed by atoms with Gasteiger partial charge in [0, 0.05) is 13.1 Å². The van der Waals surface area contributed by atoms with Crippen LogP contribution in [0.2, 0.25) is 0 Å². The van der Waals surface area contributed by atoms with E-state index in [1.807, 2.05) is 0 Å². The summed E-state index contributed by atoms with van der Waals surface area (Å²) in [5.74, 6) is 5.08. The molecule has 1 heterocycles. The van der Waals surface area contributed by atoms with Crippen molar-refractivity contribution in [2.75, 3.05) is 19.7 Å². The summed E-state index contributed by atoms with van der Waals surface area (Å²) in [6.45, 7) is 8.56. The van der Waals surface area contributed by atoms with Crippen molar-refractivity contribution in [3.05, 3.63) is 0 Å². The molecule has 0 aromatic carbocycles. The first-order valence-corrected chi connectivity index (χ1v) is 11.6. The van der Waals surface area contributed by atoms with Gasteiger partial charge < -0.3 is 0 Å². The smallest absolute Gasteiger partial charge is 0.0835 e. The lowest BCUT2D eigenvalue weighted by Crippen LogP contribution is -2.57. The van der Waals surface area contributed by atoms with E-state index in [2.05, 4.69) is 18.9 Å². The Morgan fingerprint density at radius 3 is 2.60 bits per heavy atom. The predicted octanol–water partition coefficient (Wildman–Crippen LogP) is 5.67. The third-order valence-corrected chi connectivity index (χ3v) is 10.1. The zero-order chi connectivity index (χ0) is 17.1. The highest BCUT2D eigenvalue weighted by Gasteiger charge is 2.61. The molecular formula is C23H39NO. The number of hydroxylamine groups is 2. The summed E-state index contributed by atoms with van der Waals surface area (Å²) in [6.07, 6.45) is 16.6. The molecule has 0 spiro atoms. The van der Waals surface area contributed by atoms with E-state index in [9.17, 15) is 0 Å². The molecule has 1 unspecified atom stereocenters. The van der Waals surface area contributed by atoms with Gasteiger partial charge in [0.15, 0.2) is 0 Å². The first kappa shape index (κ1) is 17.0. The summed E-state index contributed by atoms with van der Waals surface area (Å²) in [4.78, 5) is 5.80. The van der Waals surface area contributed by atoms with Crippen molar-refractivity contribution < 1.29 is 4.84 Å². The second-order valence-corrected chi connectivity index (χ2v) is 10.6. The Kier molecular flexibility index (Phi) is 4.25. The second-order valence-electron chi connectivity index (χ2n) is 10.6. The van der Waals surface area contributed by atoms with Crippen LogP contribution in [0.1, 0.15) is 84.5 Å². The van der Waals surface area contributed by atoms with E-state index in [4.69, 9.17) is 4.84 Å². The van der Waals surface area contributed by atoms with Crippen LogP contribution in [0.5, 0.6) is 0 Å². The molecule has 4 saturated carbocycles. The quantitative estimate of drug-likeness (QED) is 0.653. The standard InChI is InChI=1S/C23H39NO/c1-3-17-8-10-21-19-9-7-18-6-4-5-12-22(18,2)20(19)11-13-23(17,21)16-24-14-15-25-24/h17-21H,3-16H2,1-2H3/t17-,18?,19+,20-,21-,22-,23-/m0/s1. The maximum absolute atomic E-state index is 5.80. The van der Waals surface area contributed by atoms with E-state index in [1.165, 1.54) is 70.9 Å². The van der Waals surface area contributed by atoms with Crippen molar-refractivity contribution in [2.45, 2.75) is 84.5 Å². The topological polar surface area (TPSA) is 12.5 Å². The first-order valence-electron chi connectivity index (χ1n) is 11.6. The molecule has 7 atom stereocenters. The molecular weight excluding hydrogens is 306 g/mol. The minimum Gasteiger partial charge on any atom is -0.297 e. The van der Waals surface area contributed by atoms with Crippen LogP contribution in [-0.2, 0) is 4.84 Å². The van der Waals surface area contributed by atoms with Gasteiger partial charge in [-0.15, -0.1) is 0 Å². The van der Waals surface area contributed by atoms with Gasteiger partial charge in [-0.1, -0.05) is 33.1 Å². The van der Waals surface area contributed by atoms with E-state index in [1.54, 1.807) is 12.8 Å². The molecule has 1 saturated heterocycles. The van der Waals surface area contributed by atoms with E-state index in [-0.39, 0.29) is 0 Å². The Labute approximate surface area is 155 Å². The lowest BCUT2D eigenvalue weighted by Gasteiger charge is -2.61. The fourth-order valence-electron chi connectivity index (χ4n) is 8.82. The fraction of sp³-hybridized carbons (Fsp3) is 1.00. The average molecular weight is 346 g/mol. The molecule has 2 heteroatoms. The molecule has 0 aromatic heterocycles. The number of rotatable bonds is 3. The van der Waals surface area contributed by atoms with Crippen LogP contribution in [0, 0.1) is 40.4 Å². The van der Waals surface area contributed by atoms with Gasteiger partial charge in [0.25, 0.3) is 0 Å². The zero-order valence-corrected chi connectivity index (χ0v) is 16.6. The van der Waals surface area contributed by atoms with Gasteiger partial charge in [-0.3, -0.25) is 4.84 Å². The van der Waals surface area contributed by atoms with E-state index in [0.717, 1.165) is 36.2 Å². The molecule has 4 aliphatic carbocycles. The summed E-state index contributed by atoms with van der Waals surface area (Å²) >= 11 is 0. The number of hydrogen-bond donors (Lipinski definition) is 0. The van der Waals surface area contributed by atoms with Gasteiger partial charge in [0.1, 0.15) is 0 Å². The second kappa shape index (κ2) is 6.23. The molecule has 0 radical (unpaired) electrons. The SMILES string of the molecule is CC[C@H]1CC[C@H]2[C@@H]3CCC4CCCC[C@]4(C)[C@H]3CC[C@]12CN1CCO1. The lowest BCUT2D eigenvalue weighted by molar-refractivity contribution is -0.272. The van der Waals surface area contributed by atoms with Crippen molar-refractivity contribution >= 4 is 0 Å². The Balaban J connectivity index is 1.44. The summed E-state index contributed by atoms with van der Waals surface area (Å²) in [7, 11) is 0. The zero-order valence-electron chi connectivity index (χ0n) is 16.6. The van der Waals surface area contributed by atoms with Gasteiger partial charge >= 0.3 is 0 Å². The van der Waals surface area contributed by atoms with Crippen LogP contribution in [-0.4, -0.2) is 24.8 Å². The molecule has 1 aliphatic heterocycles. The van der Waals surface area contributed by atoms with E-state index >= 15 is 0 Å². The monoisotopic (exact) mass is 345 g/mol. The van der Waals surface area contributed by atoms with E-state index in [0.29, 0.717) is 10.8 Å². The van der Waals surface area contributed by atoms with Gasteiger partial charge in [0.05, 0.1) is 6.61 Å². The molecule has 25 heavy (non-hydrogen) atoms. The minimum absolute atomic E-state index is 0.591. The Hall–Kier alpha value is -0.0800. The van der Waals surface area contributed by atoms with Crippen molar-refractivity contribution in [1.82, 2.24) is 5.06 Å². The summed E-state index contributed by atoms with van der Waals surface area (Å²) in [5, 5.41) is 2.33. The normalized spacial score (nSPS) is 52.8. The Bertz CT molecular complexity index is 502. The van der Waals surface area contributed by atoms with Crippen LogP contribution in [0.3, 0.4) is 0 Å². The van der Waals surface area contributed by atoms with Crippen LogP contribution in [0.25, 0.3) is 0 Å². The average Bonchev–Trinajstić information content (AvgIpc) is 2.96. The highest BCUT2D eigenvalue weighted by molar-refractivity contribution is 5.10. The molecule has 2 nitrogen and oxygen atoms in total. The lowest BCUT2D eigenvalue weighted by atomic mass is 9.44. The summed E-state index contributed by atoms with van der Waals surface area (Å²) in [5.41, 5.74) is 1.28. The molecule has 0 aromatic rings. The molecule has 5 rings (SSSR count). The van der Waals surface area contributed by atoms with Crippen molar-refractivity contribution in [1.29, 1.82) is 0 Å². The van der Waals surface area contributed by atoms with Crippen LogP contribution in [0.15, 0.2) is 0 Å². The molecule has 0 N–H and O–H groups in total. The number of nitrogens with zero attached hydrogens (tertiary/aromatic N) is 1. The fourth-order valence-corrected chi connectivity index (χ4v) is 8.82. The van der Waals surface area contributed by atoms with Gasteiger partial charge in [-0.25, -0.2) is 0 Å². The Morgan fingerprint density at radius 1 is 0.960 bits per heavy atom. The van der Waals surface area contributed by atoms with Crippen LogP contribution < -0.4 is 0 Å². The van der Waals surface area contributed by atoms with Crippen molar-refractivity contribution in [3.8, 4) is 0 Å². The van der Waals surface area contributed by atoms with Gasteiger partial charge in [-0.2, -0.15) is 5.06 Å². The summed E-state index contributed by atoms with van der Waals surface area (Å²) < 4.78 is 0. The van der Waals surface area contributed by atoms with E-state index < -0.39 is 0 Å². The van der Waals surface area contributed by atoms with Gasteiger partial charge in [-0.05, 0) is 91.8 Å². The molecule has 142 valence electrons. The molecule has 5 aliphatic rings. The van der Waals surface area contributed by atoms with Crippen LogP contribution >= 0.6 is 0 Å². The first-order chi connectivity index (χ1) is 12.2. The highest BCUT2D eigenvalue weighted by Crippen LogP contribution is 2.68. The highest BCUT2D eigenvalue weighted by atomic mass is 16.7. The molecule has 0 bridgehead atoms. The van der Waals surface area contributed by atoms with Gasteiger partial charge in [0.2, 0.25) is 0 Å². The number of fused-ring (bicyclic) bond motifs is 5. The molecule has 0 amide bonds. The largest absolute Gasteiger partial charge is 0.297 e. The summed E-state index contributed by atoms with van der Waals surface area (Å²) in [6, 6.07) is 0. The third kappa shape index (κ3) is 2.42. The minimum atomic E-state index is 0.591. The third-order valence-electron chi connectivity index (χ3n) is 10.1. The Morgan fingerprint density at radius 2 is 1.84 bits per heavy atom.